The molecule has 0 radical (unpaired) electrons. The second-order valence-corrected chi connectivity index (χ2v) is 6.50. The Morgan fingerprint density at radius 2 is 1.21 bits per heavy atom. The van der Waals surface area contributed by atoms with Crippen LogP contribution in [0.5, 0.6) is 0 Å². The molecule has 0 aliphatic rings. The molecule has 0 bridgehead atoms. The average Bonchev–Trinajstić information content (AvgIpc) is 2.67. The lowest BCUT2D eigenvalue weighted by Crippen LogP contribution is -2.11. The van der Waals surface area contributed by atoms with Crippen LogP contribution in [0.1, 0.15) is 0 Å². The normalized spacial score (nSPS) is 9.07. The molecule has 0 aliphatic carbocycles. The first-order valence-electron chi connectivity index (χ1n) is 6.90. The summed E-state index contributed by atoms with van der Waals surface area (Å²) >= 11 is 0. The van der Waals surface area contributed by atoms with Crippen molar-refractivity contribution < 1.29 is 48.0 Å². The van der Waals surface area contributed by atoms with Gasteiger partial charge in [0.2, 0.25) is 9.84 Å². The second-order valence-electron chi connectivity index (χ2n) is 4.53. The van der Waals surface area contributed by atoms with Crippen molar-refractivity contribution in [2.45, 2.75) is 4.90 Å². The summed E-state index contributed by atoms with van der Waals surface area (Å²) in [5.74, 6) is -5.80. The number of carboxylic acid groups (broad SMARTS) is 4. The van der Waals surface area contributed by atoms with E-state index in [9.17, 15) is 27.6 Å². The van der Waals surface area contributed by atoms with Crippen LogP contribution in [0.4, 0.5) is 0 Å². The molecule has 0 aromatic heterocycles. The van der Waals surface area contributed by atoms with E-state index in [4.69, 9.17) is 25.7 Å². The van der Waals surface area contributed by atoms with E-state index in [1.165, 1.54) is 30.3 Å². The summed E-state index contributed by atoms with van der Waals surface area (Å²) < 4.78 is 23.0. The lowest BCUT2D eigenvalue weighted by atomic mass is 10.3. The Balaban J connectivity index is 0. The number of carbonyl (C=O) groups is 4. The minimum Gasteiger partial charge on any atom is -0.477 e. The van der Waals surface area contributed by atoms with Crippen LogP contribution in [0.2, 0.25) is 0 Å². The van der Waals surface area contributed by atoms with Crippen molar-refractivity contribution in [3.8, 4) is 6.07 Å². The van der Waals surface area contributed by atoms with E-state index in [1.807, 2.05) is 0 Å². The van der Waals surface area contributed by atoms with Gasteiger partial charge in [0, 0.05) is 0 Å². The van der Waals surface area contributed by atoms with Gasteiger partial charge in [-0.25, -0.2) is 27.6 Å². The van der Waals surface area contributed by atoms with Crippen molar-refractivity contribution in [1.29, 1.82) is 5.26 Å². The highest BCUT2D eigenvalue weighted by Gasteiger charge is 2.23. The summed E-state index contributed by atoms with van der Waals surface area (Å²) in [6.45, 7) is 8.68. The number of hydrogen-bond donors (Lipinski definition) is 4. The molecule has 12 heteroatoms. The first kappa shape index (κ1) is 27.0. The lowest BCUT2D eigenvalue weighted by molar-refractivity contribution is -0.140. The molecule has 0 aliphatic heterocycles. The minimum atomic E-state index is -3.93. The fourth-order valence-electron chi connectivity index (χ4n) is 0.996. The smallest absolute Gasteiger partial charge is 0.347 e. The zero-order chi connectivity index (χ0) is 23.4. The highest BCUT2D eigenvalue weighted by atomic mass is 32.2. The molecule has 4 N–H and O–H groups in total. The number of benzene rings is 1. The molecular formula is C17H15NO10S. The number of nitriles is 1. The van der Waals surface area contributed by atoms with Crippen molar-refractivity contribution in [2.75, 3.05) is 0 Å². The average molecular weight is 425 g/mol. The summed E-state index contributed by atoms with van der Waals surface area (Å²) in [4.78, 5) is 38.5. The number of nitrogens with zero attached hydrogens (tertiary/aromatic N) is 1. The maximum absolute atomic E-state index is 11.5. The van der Waals surface area contributed by atoms with Crippen LogP contribution >= 0.6 is 0 Å². The van der Waals surface area contributed by atoms with Gasteiger partial charge >= 0.3 is 23.9 Å². The molecule has 29 heavy (non-hydrogen) atoms. The van der Waals surface area contributed by atoms with Crippen LogP contribution < -0.4 is 0 Å². The molecule has 1 rings (SSSR count). The predicted molar refractivity (Wildman–Crippen MR) is 97.2 cm³/mol. The summed E-state index contributed by atoms with van der Waals surface area (Å²) in [5, 5.41) is 39.9. The molecule has 0 saturated heterocycles. The van der Waals surface area contributed by atoms with Gasteiger partial charge in [0.25, 0.3) is 0 Å². The number of aliphatic carboxylic acids is 4. The van der Waals surface area contributed by atoms with Crippen LogP contribution in [-0.2, 0) is 29.0 Å². The zero-order valence-corrected chi connectivity index (χ0v) is 15.4. The van der Waals surface area contributed by atoms with E-state index in [0.717, 1.165) is 0 Å². The Hall–Kier alpha value is -4.24. The monoisotopic (exact) mass is 425 g/mol. The van der Waals surface area contributed by atoms with Crippen molar-refractivity contribution in [3.63, 3.8) is 0 Å². The quantitative estimate of drug-likeness (QED) is 0.218. The molecule has 0 unspecified atom stereocenters. The van der Waals surface area contributed by atoms with Gasteiger partial charge in [0.05, 0.1) is 4.90 Å². The molecule has 1 aromatic rings. The van der Waals surface area contributed by atoms with Crippen molar-refractivity contribution in [2.24, 2.45) is 0 Å². The Kier molecular flexibility index (Phi) is 11.4. The SMILES string of the molecule is C=C(C#N)C(=O)O.C=C(C(=O)O)C(=O)O.C=C(C(=O)O)S(=O)(=O)c1ccccc1. The van der Waals surface area contributed by atoms with Gasteiger partial charge in [-0.05, 0) is 12.1 Å². The van der Waals surface area contributed by atoms with E-state index in [2.05, 4.69) is 19.7 Å². The van der Waals surface area contributed by atoms with Gasteiger partial charge in [-0.2, -0.15) is 5.26 Å². The topological polar surface area (TPSA) is 207 Å². The second kappa shape index (κ2) is 12.2. The lowest BCUT2D eigenvalue weighted by Gasteiger charge is -2.02. The first-order valence-corrected chi connectivity index (χ1v) is 8.38. The number of sulfone groups is 1. The van der Waals surface area contributed by atoms with Gasteiger partial charge in [0.15, 0.2) is 0 Å². The summed E-state index contributed by atoms with van der Waals surface area (Å²) in [5.41, 5.74) is -1.25. The third kappa shape index (κ3) is 9.87. The number of hydrogen-bond acceptors (Lipinski definition) is 7. The number of carboxylic acids is 4. The van der Waals surface area contributed by atoms with Gasteiger partial charge in [-0.1, -0.05) is 37.9 Å². The van der Waals surface area contributed by atoms with E-state index in [0.29, 0.717) is 0 Å². The fraction of sp³-hybridized carbons (Fsp3) is 0. The standard InChI is InChI=1S/C9H8O4S.C4H3NO2.C4H4O4/c1-7(9(10)11)14(12,13)8-5-3-2-4-6-8;1-3(2-5)4(6)7;1-2(3(5)6)4(7)8/h2-6H,1H2,(H,10,11);1H2,(H,6,7);1H2,(H,5,6)(H,7,8). The minimum absolute atomic E-state index is 0.0626. The van der Waals surface area contributed by atoms with Gasteiger partial charge < -0.3 is 20.4 Å². The molecule has 0 amide bonds. The summed E-state index contributed by atoms with van der Waals surface area (Å²) in [7, 11) is -3.93. The molecule has 0 spiro atoms. The number of rotatable bonds is 6. The maximum Gasteiger partial charge on any atom is 0.347 e. The summed E-state index contributed by atoms with van der Waals surface area (Å²) in [6.07, 6.45) is 0. The Labute approximate surface area is 164 Å². The molecule has 154 valence electrons. The van der Waals surface area contributed by atoms with Crippen molar-refractivity contribution >= 4 is 33.7 Å². The molecule has 0 saturated carbocycles. The van der Waals surface area contributed by atoms with E-state index in [-0.39, 0.29) is 4.90 Å². The van der Waals surface area contributed by atoms with Gasteiger partial charge in [0.1, 0.15) is 22.1 Å². The molecule has 11 nitrogen and oxygen atoms in total. The third-order valence-corrected chi connectivity index (χ3v) is 4.24. The van der Waals surface area contributed by atoms with Gasteiger partial charge in [-0.3, -0.25) is 0 Å². The molecule has 0 heterocycles. The highest BCUT2D eigenvalue weighted by Crippen LogP contribution is 2.17. The highest BCUT2D eigenvalue weighted by molar-refractivity contribution is 7.96. The van der Waals surface area contributed by atoms with E-state index in [1.54, 1.807) is 6.07 Å². The van der Waals surface area contributed by atoms with E-state index >= 15 is 0 Å². The third-order valence-electron chi connectivity index (χ3n) is 2.53. The molecule has 0 atom stereocenters. The van der Waals surface area contributed by atoms with Crippen molar-refractivity contribution in [1.82, 2.24) is 0 Å². The van der Waals surface area contributed by atoms with E-state index < -0.39 is 49.8 Å². The fourth-order valence-corrected chi connectivity index (χ4v) is 2.03. The summed E-state index contributed by atoms with van der Waals surface area (Å²) in [6, 6.07) is 8.69. The van der Waals surface area contributed by atoms with Crippen LogP contribution in [0.15, 0.2) is 71.0 Å². The van der Waals surface area contributed by atoms with Gasteiger partial charge in [-0.15, -0.1) is 0 Å². The molecule has 0 fully saturated rings. The maximum atomic E-state index is 11.5. The molecular weight excluding hydrogens is 410 g/mol. The first-order chi connectivity index (χ1) is 13.2. The van der Waals surface area contributed by atoms with Crippen LogP contribution in [0.25, 0.3) is 0 Å². The molecule has 1 aromatic carbocycles. The zero-order valence-electron chi connectivity index (χ0n) is 14.6. The van der Waals surface area contributed by atoms with Crippen molar-refractivity contribution in [3.05, 3.63) is 66.1 Å². The largest absolute Gasteiger partial charge is 0.477 e. The predicted octanol–water partition coefficient (Wildman–Crippen LogP) is 0.921. The Morgan fingerprint density at radius 3 is 1.41 bits per heavy atom. The Morgan fingerprint density at radius 1 is 0.793 bits per heavy atom. The van der Waals surface area contributed by atoms with Crippen LogP contribution in [-0.4, -0.2) is 52.7 Å². The Bertz CT molecular complexity index is 969. The van der Waals surface area contributed by atoms with Crippen LogP contribution in [0, 0.1) is 11.3 Å². The van der Waals surface area contributed by atoms with Crippen LogP contribution in [0.3, 0.4) is 0 Å².